The molecule has 0 radical (unpaired) electrons. The number of rotatable bonds is 5. The fourth-order valence-corrected chi connectivity index (χ4v) is 4.97. The van der Waals surface area contributed by atoms with Gasteiger partial charge in [0.05, 0.1) is 30.8 Å². The third-order valence-corrected chi connectivity index (χ3v) is 6.72. The standard InChI is InChI=1S/C16H14Cl2N2O3S2/c1-2-8-20-13-7-6-10(9-14(13)24-16(20)21)25(22,23)19-12-5-3-4-11(17)15(12)18/h3-7,9,19H,2,8H2,1H3. The third kappa shape index (κ3) is 3.55. The zero-order valence-electron chi connectivity index (χ0n) is 13.1. The Hall–Kier alpha value is -1.54. The highest BCUT2D eigenvalue weighted by Gasteiger charge is 2.18. The summed E-state index contributed by atoms with van der Waals surface area (Å²) in [6.45, 7) is 2.58. The fraction of sp³-hybridized carbons (Fsp3) is 0.188. The number of hydrogen-bond donors (Lipinski definition) is 1. The molecule has 5 nitrogen and oxygen atoms in total. The summed E-state index contributed by atoms with van der Waals surface area (Å²) in [5, 5.41) is 0.389. The second-order valence-corrected chi connectivity index (χ2v) is 8.82. The Morgan fingerprint density at radius 2 is 1.96 bits per heavy atom. The van der Waals surface area contributed by atoms with Gasteiger partial charge in [-0.2, -0.15) is 0 Å². The lowest BCUT2D eigenvalue weighted by atomic mass is 10.3. The summed E-state index contributed by atoms with van der Waals surface area (Å²) >= 11 is 13.0. The van der Waals surface area contributed by atoms with E-state index in [1.165, 1.54) is 18.2 Å². The maximum Gasteiger partial charge on any atom is 0.308 e. The number of aromatic nitrogens is 1. The van der Waals surface area contributed by atoms with Crippen LogP contribution in [0.1, 0.15) is 13.3 Å². The summed E-state index contributed by atoms with van der Waals surface area (Å²) in [7, 11) is -3.86. The predicted octanol–water partition coefficient (Wildman–Crippen LogP) is 4.58. The summed E-state index contributed by atoms with van der Waals surface area (Å²) in [6, 6.07) is 9.32. The van der Waals surface area contributed by atoms with E-state index in [2.05, 4.69) is 4.72 Å². The molecule has 9 heteroatoms. The van der Waals surface area contributed by atoms with Gasteiger partial charge in [0.1, 0.15) is 0 Å². The highest BCUT2D eigenvalue weighted by Crippen LogP contribution is 2.31. The molecular formula is C16H14Cl2N2O3S2. The van der Waals surface area contributed by atoms with Crippen LogP contribution in [0, 0.1) is 0 Å². The van der Waals surface area contributed by atoms with Gasteiger partial charge in [-0.15, -0.1) is 0 Å². The molecule has 0 bridgehead atoms. The topological polar surface area (TPSA) is 68.2 Å². The molecule has 0 spiro atoms. The second-order valence-electron chi connectivity index (χ2n) is 5.36. The van der Waals surface area contributed by atoms with Gasteiger partial charge in [0, 0.05) is 6.54 Å². The van der Waals surface area contributed by atoms with Crippen LogP contribution in [0.15, 0.2) is 46.1 Å². The maximum absolute atomic E-state index is 12.6. The first-order valence-corrected chi connectivity index (χ1v) is 10.5. The van der Waals surface area contributed by atoms with E-state index >= 15 is 0 Å². The van der Waals surface area contributed by atoms with E-state index < -0.39 is 10.0 Å². The normalized spacial score (nSPS) is 11.8. The van der Waals surface area contributed by atoms with Gasteiger partial charge < -0.3 is 0 Å². The highest BCUT2D eigenvalue weighted by atomic mass is 35.5. The van der Waals surface area contributed by atoms with Crippen molar-refractivity contribution in [2.45, 2.75) is 24.8 Å². The van der Waals surface area contributed by atoms with Crippen LogP contribution >= 0.6 is 34.5 Å². The molecule has 2 aromatic carbocycles. The lowest BCUT2D eigenvalue weighted by Gasteiger charge is -2.10. The number of benzene rings is 2. The summed E-state index contributed by atoms with van der Waals surface area (Å²) in [6.07, 6.45) is 0.820. The number of thiazole rings is 1. The van der Waals surface area contributed by atoms with Crippen LogP contribution in [0.5, 0.6) is 0 Å². The molecular weight excluding hydrogens is 403 g/mol. The lowest BCUT2D eigenvalue weighted by molar-refractivity contribution is 0.601. The Balaban J connectivity index is 2.03. The van der Waals surface area contributed by atoms with Gasteiger partial charge in [-0.1, -0.05) is 47.5 Å². The minimum atomic E-state index is -3.86. The number of nitrogens with one attached hydrogen (secondary N) is 1. The first-order chi connectivity index (χ1) is 11.8. The minimum Gasteiger partial charge on any atom is -0.299 e. The molecule has 1 heterocycles. The molecule has 0 aliphatic carbocycles. The number of aryl methyl sites for hydroxylation is 1. The Morgan fingerprint density at radius 3 is 2.68 bits per heavy atom. The maximum atomic E-state index is 12.6. The van der Waals surface area contributed by atoms with Crippen molar-refractivity contribution in [3.8, 4) is 0 Å². The molecule has 0 saturated heterocycles. The third-order valence-electron chi connectivity index (χ3n) is 3.59. The van der Waals surface area contributed by atoms with E-state index in [0.29, 0.717) is 11.2 Å². The molecule has 25 heavy (non-hydrogen) atoms. The number of sulfonamides is 1. The van der Waals surface area contributed by atoms with E-state index in [0.717, 1.165) is 23.3 Å². The molecule has 0 amide bonds. The molecule has 1 N–H and O–H groups in total. The van der Waals surface area contributed by atoms with Crippen molar-refractivity contribution in [1.82, 2.24) is 4.57 Å². The van der Waals surface area contributed by atoms with E-state index in [-0.39, 0.29) is 25.5 Å². The largest absolute Gasteiger partial charge is 0.308 e. The molecule has 1 aromatic heterocycles. The lowest BCUT2D eigenvalue weighted by Crippen LogP contribution is -2.13. The van der Waals surface area contributed by atoms with Gasteiger partial charge in [0.2, 0.25) is 0 Å². The fourth-order valence-electron chi connectivity index (χ4n) is 2.44. The van der Waals surface area contributed by atoms with Crippen molar-refractivity contribution in [2.75, 3.05) is 4.72 Å². The van der Waals surface area contributed by atoms with Crippen molar-refractivity contribution in [2.24, 2.45) is 0 Å². The zero-order valence-corrected chi connectivity index (χ0v) is 16.3. The van der Waals surface area contributed by atoms with Crippen molar-refractivity contribution in [1.29, 1.82) is 0 Å². The SMILES string of the molecule is CCCn1c(=O)sc2cc(S(=O)(=O)Nc3cccc(Cl)c3Cl)ccc21. The van der Waals surface area contributed by atoms with Crippen LogP contribution in [-0.2, 0) is 16.6 Å². The Labute approximate surface area is 158 Å². The summed E-state index contributed by atoms with van der Waals surface area (Å²) in [5.41, 5.74) is 0.933. The molecule has 0 aliphatic heterocycles. The number of hydrogen-bond acceptors (Lipinski definition) is 4. The summed E-state index contributed by atoms with van der Waals surface area (Å²) in [5.74, 6) is 0. The summed E-state index contributed by atoms with van der Waals surface area (Å²) < 4.78 is 30.0. The molecule has 0 aliphatic rings. The van der Waals surface area contributed by atoms with Crippen LogP contribution in [0.3, 0.4) is 0 Å². The number of anilines is 1. The zero-order chi connectivity index (χ0) is 18.2. The van der Waals surface area contributed by atoms with Gasteiger partial charge in [0.25, 0.3) is 10.0 Å². The van der Waals surface area contributed by atoms with Gasteiger partial charge in [-0.25, -0.2) is 8.42 Å². The molecule has 0 atom stereocenters. The number of fused-ring (bicyclic) bond motifs is 1. The van der Waals surface area contributed by atoms with Crippen LogP contribution in [0.2, 0.25) is 10.0 Å². The Morgan fingerprint density at radius 1 is 1.20 bits per heavy atom. The molecule has 0 saturated carbocycles. The van der Waals surface area contributed by atoms with Crippen LogP contribution < -0.4 is 9.60 Å². The number of nitrogens with zero attached hydrogens (tertiary/aromatic N) is 1. The van der Waals surface area contributed by atoms with Crippen LogP contribution in [0.4, 0.5) is 5.69 Å². The minimum absolute atomic E-state index is 0.0564. The van der Waals surface area contributed by atoms with Gasteiger partial charge in [-0.3, -0.25) is 14.1 Å². The smallest absolute Gasteiger partial charge is 0.299 e. The molecule has 3 aromatic rings. The average molecular weight is 417 g/mol. The van der Waals surface area contributed by atoms with Crippen LogP contribution in [-0.4, -0.2) is 13.0 Å². The second kappa shape index (κ2) is 6.99. The first-order valence-electron chi connectivity index (χ1n) is 7.43. The van der Waals surface area contributed by atoms with E-state index in [9.17, 15) is 13.2 Å². The first kappa shape index (κ1) is 18.3. The Bertz CT molecular complexity index is 1100. The van der Waals surface area contributed by atoms with Crippen molar-refractivity contribution in [3.05, 3.63) is 56.1 Å². The molecule has 0 fully saturated rings. The highest BCUT2D eigenvalue weighted by molar-refractivity contribution is 7.92. The van der Waals surface area contributed by atoms with Crippen LogP contribution in [0.25, 0.3) is 10.2 Å². The average Bonchev–Trinajstić information content (AvgIpc) is 2.87. The quantitative estimate of drug-likeness (QED) is 0.661. The predicted molar refractivity (Wildman–Crippen MR) is 104 cm³/mol. The van der Waals surface area contributed by atoms with Gasteiger partial charge in [0.15, 0.2) is 0 Å². The monoisotopic (exact) mass is 416 g/mol. The van der Waals surface area contributed by atoms with E-state index in [1.54, 1.807) is 22.8 Å². The van der Waals surface area contributed by atoms with Gasteiger partial charge >= 0.3 is 4.87 Å². The van der Waals surface area contributed by atoms with Crippen molar-refractivity contribution in [3.63, 3.8) is 0 Å². The van der Waals surface area contributed by atoms with Crippen molar-refractivity contribution >= 4 is 60.5 Å². The van der Waals surface area contributed by atoms with E-state index in [1.807, 2.05) is 6.92 Å². The summed E-state index contributed by atoms with van der Waals surface area (Å²) in [4.78, 5) is 12.0. The van der Waals surface area contributed by atoms with Gasteiger partial charge in [-0.05, 0) is 36.8 Å². The molecule has 132 valence electrons. The van der Waals surface area contributed by atoms with Crippen molar-refractivity contribution < 1.29 is 8.42 Å². The molecule has 3 rings (SSSR count). The van der Waals surface area contributed by atoms with E-state index in [4.69, 9.17) is 23.2 Å². The number of halogens is 2. The molecule has 0 unspecified atom stereocenters. The Kier molecular flexibility index (Phi) is 5.11.